The standard InChI is InChI=1S/C15H13N.C2H6/c1-16-15-7-6-13-8-11-4-2-3-5-12(11)9-14(13)10-15;1-2/h2-10,16H,1H3;1-2H3. The number of nitrogens with one attached hydrogen (secondary N) is 1. The zero-order valence-electron chi connectivity index (χ0n) is 11.2. The minimum Gasteiger partial charge on any atom is -0.388 e. The molecule has 0 aromatic heterocycles. The number of hydrogen-bond donors (Lipinski definition) is 1. The minimum absolute atomic E-state index is 1.16. The molecule has 0 spiro atoms. The Bertz CT molecular complexity index is 656. The second-order valence-electron chi connectivity index (χ2n) is 4.01. The highest BCUT2D eigenvalue weighted by Gasteiger charge is 1.98. The molecule has 0 bridgehead atoms. The van der Waals surface area contributed by atoms with Crippen LogP contribution in [0.1, 0.15) is 13.8 Å². The molecular formula is C17H19N. The van der Waals surface area contributed by atoms with E-state index in [1.54, 1.807) is 0 Å². The molecule has 0 unspecified atom stereocenters. The van der Waals surface area contributed by atoms with Gasteiger partial charge in [0.2, 0.25) is 0 Å². The predicted octanol–water partition coefficient (Wildman–Crippen LogP) is 5.06. The van der Waals surface area contributed by atoms with Crippen LogP contribution in [0.3, 0.4) is 0 Å². The Morgan fingerprint density at radius 1 is 0.667 bits per heavy atom. The van der Waals surface area contributed by atoms with Crippen molar-refractivity contribution >= 4 is 27.2 Å². The summed E-state index contributed by atoms with van der Waals surface area (Å²) in [6, 6.07) is 19.4. The van der Waals surface area contributed by atoms with Crippen LogP contribution in [-0.4, -0.2) is 7.05 Å². The largest absolute Gasteiger partial charge is 0.388 e. The van der Waals surface area contributed by atoms with Gasteiger partial charge in [0.15, 0.2) is 0 Å². The van der Waals surface area contributed by atoms with Gasteiger partial charge in [0.25, 0.3) is 0 Å². The summed E-state index contributed by atoms with van der Waals surface area (Å²) in [6.45, 7) is 4.00. The normalized spacial score (nSPS) is 9.94. The van der Waals surface area contributed by atoms with Gasteiger partial charge >= 0.3 is 0 Å². The Morgan fingerprint density at radius 3 is 1.83 bits per heavy atom. The fourth-order valence-corrected chi connectivity index (χ4v) is 2.10. The molecule has 1 nitrogen and oxygen atoms in total. The number of rotatable bonds is 1. The molecular weight excluding hydrogens is 218 g/mol. The highest BCUT2D eigenvalue weighted by atomic mass is 14.8. The van der Waals surface area contributed by atoms with Gasteiger partial charge in [-0.15, -0.1) is 0 Å². The Balaban J connectivity index is 0.000000574. The molecule has 0 saturated heterocycles. The van der Waals surface area contributed by atoms with Crippen LogP contribution in [0.2, 0.25) is 0 Å². The second kappa shape index (κ2) is 5.54. The Hall–Kier alpha value is -2.02. The highest BCUT2D eigenvalue weighted by Crippen LogP contribution is 2.24. The maximum Gasteiger partial charge on any atom is 0.0343 e. The van der Waals surface area contributed by atoms with Crippen molar-refractivity contribution in [2.24, 2.45) is 0 Å². The summed E-state index contributed by atoms with van der Waals surface area (Å²) >= 11 is 0. The van der Waals surface area contributed by atoms with Crippen LogP contribution in [0.15, 0.2) is 54.6 Å². The zero-order valence-corrected chi connectivity index (χ0v) is 11.2. The van der Waals surface area contributed by atoms with E-state index in [4.69, 9.17) is 0 Å². The van der Waals surface area contributed by atoms with Crippen LogP contribution in [0.4, 0.5) is 5.69 Å². The fraction of sp³-hybridized carbons (Fsp3) is 0.176. The van der Waals surface area contributed by atoms with E-state index >= 15 is 0 Å². The van der Waals surface area contributed by atoms with E-state index in [9.17, 15) is 0 Å². The van der Waals surface area contributed by atoms with E-state index in [0.29, 0.717) is 0 Å². The van der Waals surface area contributed by atoms with Crippen molar-refractivity contribution in [3.63, 3.8) is 0 Å². The number of fused-ring (bicyclic) bond motifs is 2. The van der Waals surface area contributed by atoms with E-state index in [0.717, 1.165) is 5.69 Å². The van der Waals surface area contributed by atoms with Crippen molar-refractivity contribution < 1.29 is 0 Å². The van der Waals surface area contributed by atoms with Gasteiger partial charge < -0.3 is 5.32 Å². The number of hydrogen-bond acceptors (Lipinski definition) is 1. The first kappa shape index (κ1) is 12.4. The molecule has 3 rings (SSSR count). The topological polar surface area (TPSA) is 12.0 Å². The molecule has 0 amide bonds. The Labute approximate surface area is 108 Å². The third-order valence-corrected chi connectivity index (χ3v) is 2.99. The summed E-state index contributed by atoms with van der Waals surface area (Å²) < 4.78 is 0. The van der Waals surface area contributed by atoms with E-state index in [2.05, 4.69) is 59.9 Å². The molecule has 92 valence electrons. The molecule has 0 saturated carbocycles. The lowest BCUT2D eigenvalue weighted by molar-refractivity contribution is 1.50. The van der Waals surface area contributed by atoms with Crippen molar-refractivity contribution in [1.29, 1.82) is 0 Å². The Kier molecular flexibility index (Phi) is 3.83. The van der Waals surface area contributed by atoms with Gasteiger partial charge in [0.05, 0.1) is 0 Å². The van der Waals surface area contributed by atoms with Crippen molar-refractivity contribution in [2.75, 3.05) is 12.4 Å². The first-order valence-electron chi connectivity index (χ1n) is 6.47. The van der Waals surface area contributed by atoms with Crippen molar-refractivity contribution in [3.8, 4) is 0 Å². The SMILES string of the molecule is CC.CNc1ccc2cc3ccccc3cc2c1. The third kappa shape index (κ3) is 2.30. The van der Waals surface area contributed by atoms with Crippen molar-refractivity contribution in [1.82, 2.24) is 0 Å². The quantitative estimate of drug-likeness (QED) is 0.583. The van der Waals surface area contributed by atoms with Crippen molar-refractivity contribution in [2.45, 2.75) is 13.8 Å². The number of benzene rings is 3. The molecule has 0 aliphatic rings. The zero-order chi connectivity index (χ0) is 13.0. The van der Waals surface area contributed by atoms with Crippen LogP contribution >= 0.6 is 0 Å². The van der Waals surface area contributed by atoms with E-state index in [1.807, 2.05) is 20.9 Å². The lowest BCUT2D eigenvalue weighted by Gasteiger charge is -2.05. The van der Waals surface area contributed by atoms with Crippen LogP contribution in [0.25, 0.3) is 21.5 Å². The predicted molar refractivity (Wildman–Crippen MR) is 82.3 cm³/mol. The maximum absolute atomic E-state index is 3.17. The molecule has 0 fully saturated rings. The first-order valence-corrected chi connectivity index (χ1v) is 6.47. The number of anilines is 1. The van der Waals surface area contributed by atoms with Gasteiger partial charge in [-0.25, -0.2) is 0 Å². The average Bonchev–Trinajstić information content (AvgIpc) is 2.46. The Morgan fingerprint density at radius 2 is 1.22 bits per heavy atom. The molecule has 0 heterocycles. The van der Waals surface area contributed by atoms with Gasteiger partial charge in [-0.1, -0.05) is 44.2 Å². The molecule has 3 aromatic rings. The summed E-state index contributed by atoms with van der Waals surface area (Å²) in [6.07, 6.45) is 0. The monoisotopic (exact) mass is 237 g/mol. The molecule has 1 heteroatoms. The van der Waals surface area contributed by atoms with Gasteiger partial charge in [-0.2, -0.15) is 0 Å². The van der Waals surface area contributed by atoms with E-state index in [1.165, 1.54) is 21.5 Å². The van der Waals surface area contributed by atoms with Crippen LogP contribution in [-0.2, 0) is 0 Å². The average molecular weight is 237 g/mol. The lowest BCUT2D eigenvalue weighted by Crippen LogP contribution is -1.86. The molecule has 0 aliphatic carbocycles. The maximum atomic E-state index is 3.17. The van der Waals surface area contributed by atoms with Gasteiger partial charge in [-0.05, 0) is 45.8 Å². The summed E-state index contributed by atoms with van der Waals surface area (Å²) in [7, 11) is 1.95. The summed E-state index contributed by atoms with van der Waals surface area (Å²) in [5, 5.41) is 8.33. The first-order chi connectivity index (χ1) is 8.86. The summed E-state index contributed by atoms with van der Waals surface area (Å²) in [5.41, 5.74) is 1.16. The lowest BCUT2D eigenvalue weighted by atomic mass is 10.0. The van der Waals surface area contributed by atoms with E-state index < -0.39 is 0 Å². The molecule has 18 heavy (non-hydrogen) atoms. The van der Waals surface area contributed by atoms with E-state index in [-0.39, 0.29) is 0 Å². The molecule has 0 aliphatic heterocycles. The van der Waals surface area contributed by atoms with Crippen LogP contribution in [0.5, 0.6) is 0 Å². The molecule has 0 radical (unpaired) electrons. The highest BCUT2D eigenvalue weighted by molar-refractivity contribution is 5.99. The molecule has 1 N–H and O–H groups in total. The van der Waals surface area contributed by atoms with Crippen LogP contribution < -0.4 is 5.32 Å². The van der Waals surface area contributed by atoms with Gasteiger partial charge in [-0.3, -0.25) is 0 Å². The molecule has 3 aromatic carbocycles. The van der Waals surface area contributed by atoms with Crippen molar-refractivity contribution in [3.05, 3.63) is 54.6 Å². The minimum atomic E-state index is 1.16. The fourth-order valence-electron chi connectivity index (χ4n) is 2.10. The summed E-state index contributed by atoms with van der Waals surface area (Å²) in [4.78, 5) is 0. The molecule has 0 atom stereocenters. The third-order valence-electron chi connectivity index (χ3n) is 2.99. The smallest absolute Gasteiger partial charge is 0.0343 e. The van der Waals surface area contributed by atoms with Crippen LogP contribution in [0, 0.1) is 0 Å². The van der Waals surface area contributed by atoms with Gasteiger partial charge in [0, 0.05) is 12.7 Å². The second-order valence-corrected chi connectivity index (χ2v) is 4.01. The summed E-state index contributed by atoms with van der Waals surface area (Å²) in [5.74, 6) is 0. The van der Waals surface area contributed by atoms with Gasteiger partial charge in [0.1, 0.15) is 0 Å².